The van der Waals surface area contributed by atoms with Gasteiger partial charge in [-0.05, 0) is 57.2 Å². The highest BCUT2D eigenvalue weighted by Crippen LogP contribution is 2.28. The van der Waals surface area contributed by atoms with Crippen molar-refractivity contribution in [2.24, 2.45) is 0 Å². The van der Waals surface area contributed by atoms with Gasteiger partial charge in [0.2, 0.25) is 10.0 Å². The Bertz CT molecular complexity index is 591. The maximum Gasteiger partial charge on any atom is 0.243 e. The van der Waals surface area contributed by atoms with Crippen LogP contribution in [0.5, 0.6) is 0 Å². The lowest BCUT2D eigenvalue weighted by atomic mass is 10.2. The second-order valence-electron chi connectivity index (χ2n) is 5.32. The van der Waals surface area contributed by atoms with E-state index in [1.165, 1.54) is 4.31 Å². The maximum absolute atomic E-state index is 12.7. The number of rotatable bonds is 7. The topological polar surface area (TPSA) is 40.6 Å². The minimum Gasteiger partial charge on any atom is -0.309 e. The molecule has 1 aromatic carbocycles. The Balaban J connectivity index is 3.04. The van der Waals surface area contributed by atoms with Crippen molar-refractivity contribution in [3.05, 3.63) is 27.7 Å². The molecule has 0 bridgehead atoms. The summed E-state index contributed by atoms with van der Waals surface area (Å²) in [5.41, 5.74) is 1.50. The Morgan fingerprint density at radius 2 is 1.81 bits per heavy atom. The average Bonchev–Trinajstić information content (AvgIpc) is 2.40. The third-order valence-electron chi connectivity index (χ3n) is 3.28. The van der Waals surface area contributed by atoms with Crippen molar-refractivity contribution in [2.45, 2.75) is 24.1 Å². The van der Waals surface area contributed by atoms with Gasteiger partial charge in [0, 0.05) is 23.9 Å². The summed E-state index contributed by atoms with van der Waals surface area (Å²) in [5, 5.41) is 0. The predicted molar refractivity (Wildman–Crippen MR) is 91.4 cm³/mol. The first-order valence-corrected chi connectivity index (χ1v) is 9.43. The molecule has 0 aliphatic heterocycles. The molecule has 0 radical (unpaired) electrons. The van der Waals surface area contributed by atoms with Gasteiger partial charge in [-0.3, -0.25) is 0 Å². The van der Waals surface area contributed by atoms with Crippen molar-refractivity contribution in [3.63, 3.8) is 0 Å². The fraction of sp³-hybridized carbons (Fsp3) is 0.571. The number of alkyl halides is 1. The second kappa shape index (κ2) is 7.92. The number of hydrogen-bond acceptors (Lipinski definition) is 3. The van der Waals surface area contributed by atoms with Gasteiger partial charge in [0.15, 0.2) is 0 Å². The van der Waals surface area contributed by atoms with Gasteiger partial charge in [-0.2, -0.15) is 0 Å². The minimum absolute atomic E-state index is 0.283. The van der Waals surface area contributed by atoms with Crippen molar-refractivity contribution >= 4 is 37.6 Å². The van der Waals surface area contributed by atoms with Crippen molar-refractivity contribution < 1.29 is 8.42 Å². The Morgan fingerprint density at radius 3 is 2.33 bits per heavy atom. The van der Waals surface area contributed by atoms with E-state index >= 15 is 0 Å². The molecular weight excluding hydrogens is 376 g/mol. The van der Waals surface area contributed by atoms with Crippen LogP contribution in [0, 0.1) is 6.92 Å². The summed E-state index contributed by atoms with van der Waals surface area (Å²) in [6.07, 6.45) is 0.790. The molecule has 0 aromatic heterocycles. The summed E-state index contributed by atoms with van der Waals surface area (Å²) >= 11 is 9.24. The zero-order valence-corrected chi connectivity index (χ0v) is 16.0. The van der Waals surface area contributed by atoms with Crippen molar-refractivity contribution in [1.82, 2.24) is 9.21 Å². The zero-order valence-electron chi connectivity index (χ0n) is 12.9. The molecule has 0 saturated carbocycles. The van der Waals surface area contributed by atoms with Gasteiger partial charge in [0.1, 0.15) is 0 Å². The molecule has 0 atom stereocenters. The third-order valence-corrected chi connectivity index (χ3v) is 6.39. The lowest BCUT2D eigenvalue weighted by Crippen LogP contribution is -2.30. The molecule has 7 heteroatoms. The van der Waals surface area contributed by atoms with Crippen LogP contribution in [0.25, 0.3) is 0 Å². The number of nitrogens with zero attached hydrogens (tertiary/aromatic N) is 2. The normalized spacial score (nSPS) is 12.4. The predicted octanol–water partition coefficient (Wildman–Crippen LogP) is 3.07. The monoisotopic (exact) mass is 396 g/mol. The van der Waals surface area contributed by atoms with E-state index < -0.39 is 10.0 Å². The molecule has 1 aromatic rings. The zero-order chi connectivity index (χ0) is 16.2. The molecule has 0 saturated heterocycles. The van der Waals surface area contributed by atoms with E-state index in [1.54, 1.807) is 20.0 Å². The molecule has 0 fully saturated rings. The van der Waals surface area contributed by atoms with Crippen LogP contribution >= 0.6 is 27.5 Å². The molecule has 0 heterocycles. The van der Waals surface area contributed by atoms with Crippen LogP contribution in [0.2, 0.25) is 0 Å². The summed E-state index contributed by atoms with van der Waals surface area (Å²) in [4.78, 5) is 2.36. The maximum atomic E-state index is 12.7. The first kappa shape index (κ1) is 18.9. The Kier molecular flexibility index (Phi) is 7.13. The number of sulfonamides is 1. The van der Waals surface area contributed by atoms with E-state index in [9.17, 15) is 8.42 Å². The quantitative estimate of drug-likeness (QED) is 0.664. The molecule has 0 N–H and O–H groups in total. The summed E-state index contributed by atoms with van der Waals surface area (Å²) in [6.45, 7) is 3.13. The van der Waals surface area contributed by atoms with E-state index in [4.69, 9.17) is 11.6 Å². The lowest BCUT2D eigenvalue weighted by molar-refractivity contribution is 0.370. The number of hydrogen-bond donors (Lipinski definition) is 0. The molecule has 21 heavy (non-hydrogen) atoms. The summed E-state index contributed by atoms with van der Waals surface area (Å²) in [5.74, 6) is 0.283. The molecule has 1 rings (SSSR count). The van der Waals surface area contributed by atoms with E-state index in [1.807, 2.05) is 25.1 Å². The molecule has 4 nitrogen and oxygen atoms in total. The largest absolute Gasteiger partial charge is 0.309 e. The third kappa shape index (κ3) is 4.93. The Hall–Kier alpha value is -0.140. The molecule has 0 aliphatic rings. The van der Waals surface area contributed by atoms with E-state index in [-0.39, 0.29) is 5.88 Å². The fourth-order valence-electron chi connectivity index (χ4n) is 1.95. The molecule has 0 aliphatic carbocycles. The number of halogens is 2. The van der Waals surface area contributed by atoms with Gasteiger partial charge in [0.05, 0.1) is 4.90 Å². The Labute approximate surface area is 141 Å². The summed E-state index contributed by atoms with van der Waals surface area (Å²) in [6, 6.07) is 3.51. The highest BCUT2D eigenvalue weighted by atomic mass is 79.9. The first-order valence-electron chi connectivity index (χ1n) is 6.66. The number of benzene rings is 1. The average molecular weight is 398 g/mol. The van der Waals surface area contributed by atoms with Crippen LogP contribution < -0.4 is 0 Å². The van der Waals surface area contributed by atoms with Crippen molar-refractivity contribution in [2.75, 3.05) is 34.2 Å². The van der Waals surface area contributed by atoms with Gasteiger partial charge in [0.25, 0.3) is 0 Å². The van der Waals surface area contributed by atoms with Crippen LogP contribution in [0.4, 0.5) is 0 Å². The summed E-state index contributed by atoms with van der Waals surface area (Å²) < 4.78 is 27.6. The van der Waals surface area contributed by atoms with Crippen LogP contribution in [-0.2, 0) is 15.9 Å². The van der Waals surface area contributed by atoms with Gasteiger partial charge in [-0.1, -0.05) is 15.9 Å². The highest BCUT2D eigenvalue weighted by molar-refractivity contribution is 9.10. The van der Waals surface area contributed by atoms with Crippen LogP contribution in [0.3, 0.4) is 0 Å². The summed E-state index contributed by atoms with van der Waals surface area (Å²) in [7, 11) is 2.06. The Morgan fingerprint density at radius 1 is 1.19 bits per heavy atom. The molecule has 0 spiro atoms. The minimum atomic E-state index is -3.50. The van der Waals surface area contributed by atoms with Gasteiger partial charge >= 0.3 is 0 Å². The van der Waals surface area contributed by atoms with Crippen molar-refractivity contribution in [1.29, 1.82) is 0 Å². The molecule has 120 valence electrons. The highest BCUT2D eigenvalue weighted by Gasteiger charge is 2.24. The molecule has 0 amide bonds. The first-order chi connectivity index (χ1) is 9.70. The smallest absolute Gasteiger partial charge is 0.243 e. The van der Waals surface area contributed by atoms with Crippen LogP contribution in [0.15, 0.2) is 21.5 Å². The van der Waals surface area contributed by atoms with Gasteiger partial charge in [-0.25, -0.2) is 12.7 Å². The van der Waals surface area contributed by atoms with E-state index in [0.29, 0.717) is 17.0 Å². The van der Waals surface area contributed by atoms with Gasteiger partial charge in [-0.15, -0.1) is 11.6 Å². The SMILES string of the molecule is Cc1c(Br)cc(CCl)cc1S(=O)(=O)N(C)CCCN(C)C. The van der Waals surface area contributed by atoms with Crippen molar-refractivity contribution in [3.8, 4) is 0 Å². The molecular formula is C14H22BrClN2O2S. The lowest BCUT2D eigenvalue weighted by Gasteiger charge is -2.20. The van der Waals surface area contributed by atoms with Crippen LogP contribution in [-0.4, -0.2) is 51.9 Å². The van der Waals surface area contributed by atoms with E-state index in [2.05, 4.69) is 15.9 Å². The standard InChI is InChI=1S/C14H22BrClN2O2S/c1-11-13(15)8-12(10-16)9-14(11)21(19,20)18(4)7-5-6-17(2)3/h8-9H,5-7,10H2,1-4H3. The van der Waals surface area contributed by atoms with E-state index in [0.717, 1.165) is 23.0 Å². The fourth-order valence-corrected chi connectivity index (χ4v) is 4.25. The second-order valence-corrected chi connectivity index (χ2v) is 8.45. The molecule has 0 unspecified atom stereocenters. The van der Waals surface area contributed by atoms with Crippen LogP contribution in [0.1, 0.15) is 17.5 Å². The van der Waals surface area contributed by atoms with Gasteiger partial charge < -0.3 is 4.90 Å².